The number of hydrogen-bond acceptors (Lipinski definition) is 5. The van der Waals surface area contributed by atoms with E-state index in [1.165, 1.54) is 5.56 Å². The molecule has 1 atom stereocenters. The fourth-order valence-electron chi connectivity index (χ4n) is 5.00. The second kappa shape index (κ2) is 7.74. The number of morpholine rings is 1. The Kier molecular flexibility index (Phi) is 4.95. The Morgan fingerprint density at radius 2 is 2.03 bits per heavy atom. The number of urea groups is 1. The number of carbonyl (C=O) groups excluding carboxylic acids is 1. The third-order valence-electron chi connectivity index (χ3n) is 6.23. The summed E-state index contributed by atoms with van der Waals surface area (Å²) in [5.41, 5.74) is 2.08. The van der Waals surface area contributed by atoms with Gasteiger partial charge in [0.15, 0.2) is 0 Å². The minimum atomic E-state index is -0.0218. The number of benzene rings is 1. The highest BCUT2D eigenvalue weighted by molar-refractivity contribution is 5.89. The van der Waals surface area contributed by atoms with Crippen LogP contribution in [0.5, 0.6) is 0 Å². The van der Waals surface area contributed by atoms with Gasteiger partial charge >= 0.3 is 6.03 Å². The number of pyridine rings is 1. The number of anilines is 1. The maximum absolute atomic E-state index is 13.0. The molecule has 3 aliphatic rings. The van der Waals surface area contributed by atoms with Crippen LogP contribution >= 0.6 is 0 Å². The Morgan fingerprint density at radius 3 is 2.83 bits per heavy atom. The van der Waals surface area contributed by atoms with Crippen LogP contribution in [0.4, 0.5) is 10.5 Å². The minimum Gasteiger partial charge on any atom is -0.378 e. The van der Waals surface area contributed by atoms with E-state index in [2.05, 4.69) is 26.2 Å². The fourth-order valence-corrected chi connectivity index (χ4v) is 5.00. The smallest absolute Gasteiger partial charge is 0.321 e. The topological polar surface area (TPSA) is 60.9 Å². The highest BCUT2D eigenvalue weighted by Crippen LogP contribution is 2.36. The summed E-state index contributed by atoms with van der Waals surface area (Å²) in [6.45, 7) is 6.71. The van der Waals surface area contributed by atoms with E-state index in [0.29, 0.717) is 13.2 Å². The molecule has 4 heterocycles. The van der Waals surface area contributed by atoms with Gasteiger partial charge < -0.3 is 15.0 Å². The van der Waals surface area contributed by atoms with Crippen molar-refractivity contribution in [1.82, 2.24) is 19.7 Å². The van der Waals surface area contributed by atoms with Crippen LogP contribution in [0.15, 0.2) is 54.9 Å². The van der Waals surface area contributed by atoms with Crippen molar-refractivity contribution in [3.05, 3.63) is 60.4 Å². The van der Waals surface area contributed by atoms with Gasteiger partial charge in [-0.3, -0.25) is 14.8 Å². The Labute approximate surface area is 171 Å². The van der Waals surface area contributed by atoms with Crippen molar-refractivity contribution in [3.63, 3.8) is 0 Å². The molecule has 7 nitrogen and oxygen atoms in total. The molecule has 1 aromatic carbocycles. The molecule has 3 saturated heterocycles. The third-order valence-corrected chi connectivity index (χ3v) is 6.23. The summed E-state index contributed by atoms with van der Waals surface area (Å²) in [5.74, 6) is 0. The van der Waals surface area contributed by atoms with Gasteiger partial charge in [-0.2, -0.15) is 0 Å². The molecule has 0 radical (unpaired) electrons. The molecule has 0 saturated carbocycles. The van der Waals surface area contributed by atoms with Crippen molar-refractivity contribution < 1.29 is 9.53 Å². The first kappa shape index (κ1) is 18.5. The SMILES string of the molecule is O=C(Nc1ccccc1)N1C[C@@H]2COCCN2C2(CN(Cc3cccnc3)C2)C1. The number of hydrogen-bond donors (Lipinski definition) is 1. The number of para-hydroxylation sites is 1. The van der Waals surface area contributed by atoms with Gasteiger partial charge in [0.05, 0.1) is 24.8 Å². The maximum Gasteiger partial charge on any atom is 0.321 e. The number of fused-ring (bicyclic) bond motifs is 2. The van der Waals surface area contributed by atoms with E-state index in [1.807, 2.05) is 53.7 Å². The van der Waals surface area contributed by atoms with Gasteiger partial charge in [0.2, 0.25) is 0 Å². The lowest BCUT2D eigenvalue weighted by atomic mass is 9.82. The highest BCUT2D eigenvalue weighted by Gasteiger charge is 2.54. The zero-order valence-electron chi connectivity index (χ0n) is 16.5. The van der Waals surface area contributed by atoms with Crippen molar-refractivity contribution in [1.29, 1.82) is 0 Å². The Bertz CT molecular complexity index is 841. The van der Waals surface area contributed by atoms with Crippen molar-refractivity contribution in [2.45, 2.75) is 18.1 Å². The van der Waals surface area contributed by atoms with Crippen molar-refractivity contribution in [2.24, 2.45) is 0 Å². The molecule has 1 N–H and O–H groups in total. The normalized spacial score (nSPS) is 24.0. The second-order valence-corrected chi connectivity index (χ2v) is 8.33. The van der Waals surface area contributed by atoms with Crippen LogP contribution in [-0.4, -0.2) is 83.2 Å². The molecule has 5 rings (SSSR count). The van der Waals surface area contributed by atoms with Crippen molar-refractivity contribution in [2.75, 3.05) is 51.3 Å². The Balaban J connectivity index is 1.29. The predicted molar refractivity (Wildman–Crippen MR) is 111 cm³/mol. The maximum atomic E-state index is 13.0. The summed E-state index contributed by atoms with van der Waals surface area (Å²) in [6, 6.07) is 14.0. The van der Waals surface area contributed by atoms with E-state index in [-0.39, 0.29) is 17.6 Å². The summed E-state index contributed by atoms with van der Waals surface area (Å²) >= 11 is 0. The van der Waals surface area contributed by atoms with E-state index in [4.69, 9.17) is 4.74 Å². The predicted octanol–water partition coefficient (Wildman–Crippen LogP) is 1.88. The molecule has 2 aromatic rings. The number of aromatic nitrogens is 1. The largest absolute Gasteiger partial charge is 0.378 e. The summed E-state index contributed by atoms with van der Waals surface area (Å²) in [4.78, 5) is 24.2. The highest BCUT2D eigenvalue weighted by atomic mass is 16.5. The molecular weight excluding hydrogens is 366 g/mol. The molecular formula is C22H27N5O2. The Hall–Kier alpha value is -2.48. The number of piperazine rings is 1. The number of carbonyl (C=O) groups is 1. The number of amides is 2. The van der Waals surface area contributed by atoms with Crippen LogP contribution in [0.25, 0.3) is 0 Å². The van der Waals surface area contributed by atoms with Gasteiger partial charge in [0.25, 0.3) is 0 Å². The summed E-state index contributed by atoms with van der Waals surface area (Å²) in [7, 11) is 0. The van der Waals surface area contributed by atoms with E-state index in [1.54, 1.807) is 0 Å². The monoisotopic (exact) mass is 393 g/mol. The van der Waals surface area contributed by atoms with E-state index in [0.717, 1.165) is 45.0 Å². The van der Waals surface area contributed by atoms with Crippen molar-refractivity contribution in [3.8, 4) is 0 Å². The quantitative estimate of drug-likeness (QED) is 0.863. The van der Waals surface area contributed by atoms with Crippen LogP contribution in [0.2, 0.25) is 0 Å². The van der Waals surface area contributed by atoms with Gasteiger partial charge in [0.1, 0.15) is 0 Å². The molecule has 7 heteroatoms. The van der Waals surface area contributed by atoms with Gasteiger partial charge in [-0.25, -0.2) is 4.79 Å². The standard InChI is InChI=1S/C22H27N5O2/c28-21(24-19-6-2-1-3-7-19)26-13-20-14-29-10-9-27(20)22(17-26)15-25(16-22)12-18-5-4-8-23-11-18/h1-8,11,20H,9-10,12-17H2,(H,24,28)/t20-/m1/s1. The van der Waals surface area contributed by atoms with Crippen LogP contribution < -0.4 is 5.32 Å². The number of nitrogens with one attached hydrogen (secondary N) is 1. The molecule has 2 amide bonds. The van der Waals surface area contributed by atoms with Gasteiger partial charge in [-0.15, -0.1) is 0 Å². The van der Waals surface area contributed by atoms with Crippen LogP contribution in [0.1, 0.15) is 5.56 Å². The molecule has 0 unspecified atom stereocenters. The number of rotatable bonds is 3. The molecule has 1 spiro atoms. The van der Waals surface area contributed by atoms with Crippen molar-refractivity contribution >= 4 is 11.7 Å². The average molecular weight is 393 g/mol. The molecule has 1 aromatic heterocycles. The summed E-state index contributed by atoms with van der Waals surface area (Å²) in [6.07, 6.45) is 3.74. The summed E-state index contributed by atoms with van der Waals surface area (Å²) < 4.78 is 5.75. The first-order chi connectivity index (χ1) is 14.2. The van der Waals surface area contributed by atoms with E-state index in [9.17, 15) is 4.79 Å². The molecule has 0 aliphatic carbocycles. The zero-order valence-corrected chi connectivity index (χ0v) is 16.5. The molecule has 152 valence electrons. The minimum absolute atomic E-state index is 0.0168. The fraction of sp³-hybridized carbons (Fsp3) is 0.455. The molecule has 3 aliphatic heterocycles. The molecule has 29 heavy (non-hydrogen) atoms. The van der Waals surface area contributed by atoms with Crippen LogP contribution in [-0.2, 0) is 11.3 Å². The first-order valence-corrected chi connectivity index (χ1v) is 10.3. The molecule has 0 bridgehead atoms. The lowest BCUT2D eigenvalue weighted by molar-refractivity contribution is -0.158. The number of ether oxygens (including phenoxy) is 1. The first-order valence-electron chi connectivity index (χ1n) is 10.3. The van der Waals surface area contributed by atoms with Gasteiger partial charge in [-0.1, -0.05) is 24.3 Å². The lowest BCUT2D eigenvalue weighted by Gasteiger charge is -2.63. The second-order valence-electron chi connectivity index (χ2n) is 8.33. The third kappa shape index (κ3) is 3.73. The summed E-state index contributed by atoms with van der Waals surface area (Å²) in [5, 5.41) is 3.05. The number of likely N-dealkylation sites (tertiary alicyclic amines) is 1. The van der Waals surface area contributed by atoms with Gasteiger partial charge in [-0.05, 0) is 23.8 Å². The van der Waals surface area contributed by atoms with E-state index < -0.39 is 0 Å². The Morgan fingerprint density at radius 1 is 1.17 bits per heavy atom. The van der Waals surface area contributed by atoms with Crippen LogP contribution in [0, 0.1) is 0 Å². The average Bonchev–Trinajstić information content (AvgIpc) is 2.74. The number of nitrogens with zero attached hydrogens (tertiary/aromatic N) is 4. The van der Waals surface area contributed by atoms with Crippen LogP contribution in [0.3, 0.4) is 0 Å². The molecule has 3 fully saturated rings. The zero-order chi connectivity index (χ0) is 19.7. The van der Waals surface area contributed by atoms with Gasteiger partial charge in [0, 0.05) is 57.3 Å². The lowest BCUT2D eigenvalue weighted by Crippen LogP contribution is -2.80. The van der Waals surface area contributed by atoms with E-state index >= 15 is 0 Å².